The summed E-state index contributed by atoms with van der Waals surface area (Å²) in [6.07, 6.45) is 5.08. The summed E-state index contributed by atoms with van der Waals surface area (Å²) in [5.41, 5.74) is 0. The number of rotatable bonds is 2. The topological polar surface area (TPSA) is 52.7 Å². The highest BCUT2D eigenvalue weighted by atomic mass is 35.5. The first-order valence-electron chi connectivity index (χ1n) is 8.44. The van der Waals surface area contributed by atoms with Gasteiger partial charge in [0.1, 0.15) is 0 Å². The summed E-state index contributed by atoms with van der Waals surface area (Å²) >= 11 is 0. The van der Waals surface area contributed by atoms with Crippen LogP contribution < -0.4 is 5.32 Å². The van der Waals surface area contributed by atoms with Crippen LogP contribution in [0.2, 0.25) is 0 Å². The van der Waals surface area contributed by atoms with Gasteiger partial charge in [0.2, 0.25) is 11.8 Å². The smallest absolute Gasteiger partial charge is 0.228 e. The zero-order valence-corrected chi connectivity index (χ0v) is 14.2. The Kier molecular flexibility index (Phi) is 6.09. The Balaban J connectivity index is 0.00000176. The summed E-state index contributed by atoms with van der Waals surface area (Å²) in [5, 5.41) is 3.26. The van der Waals surface area contributed by atoms with Crippen LogP contribution in [0.15, 0.2) is 0 Å². The number of carbonyl (C=O) groups excluding carboxylic acids is 2. The van der Waals surface area contributed by atoms with Crippen molar-refractivity contribution in [2.24, 2.45) is 11.8 Å². The fourth-order valence-corrected chi connectivity index (χ4v) is 3.95. The molecule has 0 aromatic rings. The first-order valence-corrected chi connectivity index (χ1v) is 8.44. The molecule has 3 aliphatic rings. The Hall–Kier alpha value is -0.810. The summed E-state index contributed by atoms with van der Waals surface area (Å²) in [4.78, 5) is 28.8. The minimum atomic E-state index is -0.102. The quantitative estimate of drug-likeness (QED) is 0.830. The van der Waals surface area contributed by atoms with Gasteiger partial charge in [-0.3, -0.25) is 9.59 Å². The predicted octanol–water partition coefficient (Wildman–Crippen LogP) is 1.27. The fraction of sp³-hybridized carbons (Fsp3) is 0.875. The summed E-state index contributed by atoms with van der Waals surface area (Å²) in [6, 6.07) is 0.384. The standard InChI is InChI=1S/C16H27N3O2.ClH/c1-12-2-4-14(5-3-12)19-11-13(10-15(19)20)16(21)18-8-6-17-7-9-18;/h12-14,17H,2-11H2,1H3;1H. The molecule has 0 radical (unpaired) electrons. The number of nitrogens with zero attached hydrogens (tertiary/aromatic N) is 2. The number of piperazine rings is 1. The lowest BCUT2D eigenvalue weighted by molar-refractivity contribution is -0.136. The molecular formula is C16H28ClN3O2. The average molecular weight is 330 g/mol. The summed E-state index contributed by atoms with van der Waals surface area (Å²) in [5.74, 6) is 1.08. The van der Waals surface area contributed by atoms with Crippen molar-refractivity contribution in [2.45, 2.75) is 45.1 Å². The number of nitrogens with one attached hydrogen (secondary N) is 1. The van der Waals surface area contributed by atoms with Gasteiger partial charge in [0.05, 0.1) is 5.92 Å². The van der Waals surface area contributed by atoms with E-state index in [1.54, 1.807) is 0 Å². The van der Waals surface area contributed by atoms with E-state index in [4.69, 9.17) is 0 Å². The van der Waals surface area contributed by atoms with Gasteiger partial charge in [0.15, 0.2) is 0 Å². The van der Waals surface area contributed by atoms with Crippen molar-refractivity contribution < 1.29 is 9.59 Å². The van der Waals surface area contributed by atoms with E-state index in [0.717, 1.165) is 44.9 Å². The lowest BCUT2D eigenvalue weighted by Gasteiger charge is -2.34. The number of halogens is 1. The van der Waals surface area contributed by atoms with Gasteiger partial charge >= 0.3 is 0 Å². The SMILES string of the molecule is CC1CCC(N2CC(C(=O)N3CCNCC3)CC2=O)CC1.Cl. The molecule has 0 aromatic carbocycles. The molecule has 1 aliphatic carbocycles. The van der Waals surface area contributed by atoms with E-state index >= 15 is 0 Å². The molecule has 0 aromatic heterocycles. The normalized spacial score (nSPS) is 32.8. The first-order chi connectivity index (χ1) is 10.1. The van der Waals surface area contributed by atoms with E-state index in [-0.39, 0.29) is 30.1 Å². The molecule has 1 unspecified atom stereocenters. The molecule has 2 aliphatic heterocycles. The Labute approximate surface area is 139 Å². The van der Waals surface area contributed by atoms with Gasteiger partial charge in [0, 0.05) is 45.2 Å². The minimum absolute atomic E-state index is 0. The van der Waals surface area contributed by atoms with E-state index in [1.165, 1.54) is 12.8 Å². The van der Waals surface area contributed by atoms with Crippen LogP contribution in [0, 0.1) is 11.8 Å². The third-order valence-electron chi connectivity index (χ3n) is 5.36. The minimum Gasteiger partial charge on any atom is -0.340 e. The highest BCUT2D eigenvalue weighted by molar-refractivity contribution is 5.89. The first kappa shape index (κ1) is 17.5. The lowest BCUT2D eigenvalue weighted by atomic mass is 9.86. The predicted molar refractivity (Wildman–Crippen MR) is 87.9 cm³/mol. The van der Waals surface area contributed by atoms with Crippen LogP contribution in [0.3, 0.4) is 0 Å². The van der Waals surface area contributed by atoms with Gasteiger partial charge in [-0.1, -0.05) is 6.92 Å². The molecule has 3 rings (SSSR count). The van der Waals surface area contributed by atoms with Gasteiger partial charge in [-0.15, -0.1) is 12.4 Å². The molecule has 1 atom stereocenters. The number of hydrogen-bond acceptors (Lipinski definition) is 3. The zero-order chi connectivity index (χ0) is 14.8. The van der Waals surface area contributed by atoms with Gasteiger partial charge in [-0.05, 0) is 31.6 Å². The van der Waals surface area contributed by atoms with Gasteiger partial charge in [-0.25, -0.2) is 0 Å². The van der Waals surface area contributed by atoms with Crippen LogP contribution >= 0.6 is 12.4 Å². The maximum absolute atomic E-state index is 12.5. The molecule has 0 spiro atoms. The van der Waals surface area contributed by atoms with Crippen molar-refractivity contribution in [3.63, 3.8) is 0 Å². The van der Waals surface area contributed by atoms with Gasteiger partial charge in [0.25, 0.3) is 0 Å². The van der Waals surface area contributed by atoms with Crippen LogP contribution in [0.4, 0.5) is 0 Å². The fourth-order valence-electron chi connectivity index (χ4n) is 3.95. The van der Waals surface area contributed by atoms with Crippen LogP contribution in [-0.2, 0) is 9.59 Å². The molecule has 2 heterocycles. The molecule has 2 amide bonds. The van der Waals surface area contributed by atoms with Gasteiger partial charge in [-0.2, -0.15) is 0 Å². The second-order valence-electron chi connectivity index (χ2n) is 6.94. The Bertz CT molecular complexity index is 404. The summed E-state index contributed by atoms with van der Waals surface area (Å²) < 4.78 is 0. The highest BCUT2D eigenvalue weighted by Gasteiger charge is 2.40. The molecule has 22 heavy (non-hydrogen) atoms. The Morgan fingerprint density at radius 2 is 1.77 bits per heavy atom. The third-order valence-corrected chi connectivity index (χ3v) is 5.36. The molecule has 6 heteroatoms. The molecule has 2 saturated heterocycles. The maximum Gasteiger partial charge on any atom is 0.228 e. The summed E-state index contributed by atoms with van der Waals surface area (Å²) in [6.45, 7) is 6.25. The monoisotopic (exact) mass is 329 g/mol. The molecule has 126 valence electrons. The van der Waals surface area contributed by atoms with E-state index in [9.17, 15) is 9.59 Å². The number of carbonyl (C=O) groups is 2. The number of likely N-dealkylation sites (tertiary alicyclic amines) is 1. The van der Waals surface area contributed by atoms with Crippen LogP contribution in [0.5, 0.6) is 0 Å². The second kappa shape index (κ2) is 7.64. The zero-order valence-electron chi connectivity index (χ0n) is 13.4. The number of amides is 2. The van der Waals surface area contributed by atoms with Crippen LogP contribution in [0.25, 0.3) is 0 Å². The Morgan fingerprint density at radius 3 is 2.41 bits per heavy atom. The van der Waals surface area contributed by atoms with Crippen molar-refractivity contribution in [3.8, 4) is 0 Å². The largest absolute Gasteiger partial charge is 0.340 e. The average Bonchev–Trinajstić information content (AvgIpc) is 2.90. The highest BCUT2D eigenvalue weighted by Crippen LogP contribution is 2.31. The van der Waals surface area contributed by atoms with Crippen molar-refractivity contribution in [3.05, 3.63) is 0 Å². The molecule has 3 fully saturated rings. The number of hydrogen-bond donors (Lipinski definition) is 1. The Morgan fingerprint density at radius 1 is 1.14 bits per heavy atom. The van der Waals surface area contributed by atoms with Crippen molar-refractivity contribution in [1.82, 2.24) is 15.1 Å². The van der Waals surface area contributed by atoms with Crippen LogP contribution in [-0.4, -0.2) is 60.4 Å². The molecular weight excluding hydrogens is 302 g/mol. The van der Waals surface area contributed by atoms with Crippen molar-refractivity contribution >= 4 is 24.2 Å². The van der Waals surface area contributed by atoms with E-state index in [0.29, 0.717) is 19.0 Å². The molecule has 0 bridgehead atoms. The third kappa shape index (κ3) is 3.74. The molecule has 5 nitrogen and oxygen atoms in total. The maximum atomic E-state index is 12.5. The van der Waals surface area contributed by atoms with E-state index < -0.39 is 0 Å². The lowest BCUT2D eigenvalue weighted by Crippen LogP contribution is -2.49. The second-order valence-corrected chi connectivity index (χ2v) is 6.94. The van der Waals surface area contributed by atoms with Crippen molar-refractivity contribution in [1.29, 1.82) is 0 Å². The molecule has 1 saturated carbocycles. The van der Waals surface area contributed by atoms with Crippen molar-refractivity contribution in [2.75, 3.05) is 32.7 Å². The molecule has 1 N–H and O–H groups in total. The van der Waals surface area contributed by atoms with E-state index in [1.807, 2.05) is 9.80 Å². The van der Waals surface area contributed by atoms with Gasteiger partial charge < -0.3 is 15.1 Å². The van der Waals surface area contributed by atoms with Crippen LogP contribution in [0.1, 0.15) is 39.0 Å². The summed E-state index contributed by atoms with van der Waals surface area (Å²) in [7, 11) is 0. The van der Waals surface area contributed by atoms with E-state index in [2.05, 4.69) is 12.2 Å².